The van der Waals surface area contributed by atoms with Gasteiger partial charge in [-0.25, -0.2) is 0 Å². The third-order valence-corrected chi connectivity index (χ3v) is 8.27. The van der Waals surface area contributed by atoms with E-state index in [1.807, 2.05) is 0 Å². The van der Waals surface area contributed by atoms with E-state index in [1.165, 1.54) is 35.5 Å². The Hall–Kier alpha value is -0.640. The molecule has 0 bridgehead atoms. The maximum absolute atomic E-state index is 10.5. The van der Waals surface area contributed by atoms with E-state index in [1.54, 1.807) is 35.5 Å². The van der Waals surface area contributed by atoms with Gasteiger partial charge in [-0.2, -0.15) is 0 Å². The van der Waals surface area contributed by atoms with Crippen molar-refractivity contribution in [3.63, 3.8) is 0 Å². The summed E-state index contributed by atoms with van der Waals surface area (Å²) in [6, 6.07) is 0. The Bertz CT molecular complexity index is 795. The van der Waals surface area contributed by atoms with Gasteiger partial charge in [-0.05, 0) is 0 Å². The summed E-state index contributed by atoms with van der Waals surface area (Å²) < 4.78 is 88.3. The molecule has 3 aliphatic rings. The Morgan fingerprint density at radius 2 is 0.705 bits per heavy atom. The number of ether oxygens (including phenoxy) is 15. The van der Waals surface area contributed by atoms with Crippen molar-refractivity contribution in [3.8, 4) is 0 Å². The van der Waals surface area contributed by atoms with Crippen LogP contribution in [0.25, 0.3) is 0 Å². The first-order chi connectivity index (χ1) is 21.3. The van der Waals surface area contributed by atoms with E-state index in [4.69, 9.17) is 71.1 Å². The molecular formula is C28H52O16. The molecule has 0 amide bonds. The monoisotopic (exact) mass is 644 g/mol. The minimum absolute atomic E-state index is 0.104. The van der Waals surface area contributed by atoms with Gasteiger partial charge in [0.1, 0.15) is 73.2 Å². The predicted octanol–water partition coefficient (Wildman–Crippen LogP) is -1.03. The number of aliphatic hydroxyl groups excluding tert-OH is 1. The molecule has 3 fully saturated rings. The summed E-state index contributed by atoms with van der Waals surface area (Å²) in [6.07, 6.45) is -11.6. The maximum Gasteiger partial charge on any atom is 0.187 e. The van der Waals surface area contributed by atoms with Gasteiger partial charge < -0.3 is 76.2 Å². The van der Waals surface area contributed by atoms with Crippen molar-refractivity contribution >= 4 is 0 Å². The molecule has 0 aromatic carbocycles. The average molecular weight is 645 g/mol. The Morgan fingerprint density at radius 3 is 1.07 bits per heavy atom. The fraction of sp³-hybridized carbons (Fsp3) is 1.00. The van der Waals surface area contributed by atoms with Crippen LogP contribution in [0.1, 0.15) is 0 Å². The van der Waals surface area contributed by atoms with Gasteiger partial charge in [0.2, 0.25) is 0 Å². The van der Waals surface area contributed by atoms with Crippen LogP contribution in [0.3, 0.4) is 0 Å². The minimum Gasteiger partial charge on any atom is -0.382 e. The van der Waals surface area contributed by atoms with E-state index in [0.29, 0.717) is 0 Å². The highest BCUT2D eigenvalue weighted by Crippen LogP contribution is 2.36. The Labute approximate surface area is 259 Å². The van der Waals surface area contributed by atoms with Crippen LogP contribution in [0.4, 0.5) is 0 Å². The highest BCUT2D eigenvalue weighted by molar-refractivity contribution is 4.98. The maximum atomic E-state index is 10.5. The molecule has 0 unspecified atom stereocenters. The first-order valence-electron chi connectivity index (χ1n) is 14.4. The van der Waals surface area contributed by atoms with Gasteiger partial charge >= 0.3 is 0 Å². The molecule has 0 spiro atoms. The molecule has 3 aliphatic heterocycles. The van der Waals surface area contributed by atoms with Crippen molar-refractivity contribution in [2.45, 2.75) is 92.1 Å². The molecule has 16 nitrogen and oxygen atoms in total. The molecule has 0 aliphatic carbocycles. The Kier molecular flexibility index (Phi) is 16.0. The fourth-order valence-electron chi connectivity index (χ4n) is 6.24. The van der Waals surface area contributed by atoms with Gasteiger partial charge in [-0.3, -0.25) is 0 Å². The van der Waals surface area contributed by atoms with Crippen LogP contribution in [0.15, 0.2) is 0 Å². The molecule has 260 valence electrons. The minimum atomic E-state index is -1.26. The molecule has 0 aromatic rings. The highest BCUT2D eigenvalue weighted by Gasteiger charge is 2.55. The number of aliphatic hydroxyl groups is 1. The third-order valence-electron chi connectivity index (χ3n) is 8.27. The molecular weight excluding hydrogens is 592 g/mol. The summed E-state index contributed by atoms with van der Waals surface area (Å²) in [4.78, 5) is 0. The molecule has 44 heavy (non-hydrogen) atoms. The molecule has 15 atom stereocenters. The van der Waals surface area contributed by atoms with E-state index in [-0.39, 0.29) is 19.8 Å². The van der Waals surface area contributed by atoms with Crippen LogP contribution in [0.2, 0.25) is 0 Å². The second-order valence-corrected chi connectivity index (χ2v) is 10.6. The smallest absolute Gasteiger partial charge is 0.187 e. The Balaban J connectivity index is 1.92. The number of hydrogen-bond acceptors (Lipinski definition) is 16. The molecule has 0 saturated carbocycles. The van der Waals surface area contributed by atoms with Crippen molar-refractivity contribution in [1.29, 1.82) is 0 Å². The summed E-state index contributed by atoms with van der Waals surface area (Å²) in [5.41, 5.74) is 0. The molecule has 3 saturated heterocycles. The van der Waals surface area contributed by atoms with Crippen LogP contribution in [-0.4, -0.2) is 188 Å². The van der Waals surface area contributed by atoms with Crippen LogP contribution < -0.4 is 0 Å². The number of hydrogen-bond donors (Lipinski definition) is 1. The van der Waals surface area contributed by atoms with Crippen LogP contribution in [0, 0.1) is 0 Å². The Morgan fingerprint density at radius 1 is 0.386 bits per heavy atom. The van der Waals surface area contributed by atoms with Gasteiger partial charge in [0.15, 0.2) is 18.9 Å². The number of methoxy groups -OCH3 is 10. The highest BCUT2D eigenvalue weighted by atomic mass is 16.8. The molecule has 3 heterocycles. The van der Waals surface area contributed by atoms with Crippen molar-refractivity contribution in [2.75, 3.05) is 90.9 Å². The molecule has 1 N–H and O–H groups in total. The summed E-state index contributed by atoms with van der Waals surface area (Å²) in [5, 5.41) is 10.5. The first kappa shape index (κ1) is 37.8. The fourth-order valence-corrected chi connectivity index (χ4v) is 6.24. The van der Waals surface area contributed by atoms with Crippen LogP contribution >= 0.6 is 0 Å². The normalized spacial score (nSPS) is 43.3. The predicted molar refractivity (Wildman–Crippen MR) is 149 cm³/mol. The van der Waals surface area contributed by atoms with Crippen molar-refractivity contribution in [1.82, 2.24) is 0 Å². The summed E-state index contributed by atoms with van der Waals surface area (Å²) in [6.45, 7) is 0.439. The summed E-state index contributed by atoms with van der Waals surface area (Å²) in [7, 11) is 15.3. The number of rotatable bonds is 17. The average Bonchev–Trinajstić information content (AvgIpc) is 3.02. The van der Waals surface area contributed by atoms with Gasteiger partial charge in [0.05, 0.1) is 19.8 Å². The molecule has 3 rings (SSSR count). The van der Waals surface area contributed by atoms with E-state index < -0.39 is 92.1 Å². The van der Waals surface area contributed by atoms with E-state index in [0.717, 1.165) is 0 Å². The summed E-state index contributed by atoms with van der Waals surface area (Å²) in [5.74, 6) is 0. The molecule has 16 heteroatoms. The zero-order valence-corrected chi connectivity index (χ0v) is 27.4. The van der Waals surface area contributed by atoms with E-state index in [2.05, 4.69) is 0 Å². The quantitative estimate of drug-likeness (QED) is 0.205. The lowest BCUT2D eigenvalue weighted by Crippen LogP contribution is -2.67. The SMILES string of the molecule is COC[C@H]1O[C@@H](O)[C@H](OC)[C@@H](OC)[C@@H]1O[C@H]1O[C@H](COC)[C@@H](O[C@H]2O[C@H](COC)[C@@H](OC)[C@H](OC)[C@H]2OC)[C@H](OC)[C@H]1OC. The zero-order valence-electron chi connectivity index (χ0n) is 27.4. The van der Waals surface area contributed by atoms with E-state index in [9.17, 15) is 5.11 Å². The third kappa shape index (κ3) is 8.25. The standard InChI is InChI=1S/C28H52O16/c1-30-11-14-17(33-4)20(34-5)24(38-9)27(41-14)44-19-16(13-32-3)42-28(25(39-10)22(19)36-7)43-18-15(12-31-2)40-26(29)23(37-8)21(18)35-6/h14-29H,11-13H2,1-10H3/t14-,15-,16-,17-,18-,19-,20+,21+,22+,23-,24-,25-,26-,27-,28-/m1/s1. The molecule has 0 aromatic heterocycles. The van der Waals surface area contributed by atoms with Gasteiger partial charge in [0.25, 0.3) is 0 Å². The topological polar surface area (TPSA) is 159 Å². The lowest BCUT2D eigenvalue weighted by Gasteiger charge is -2.50. The largest absolute Gasteiger partial charge is 0.382 e. The first-order valence-corrected chi connectivity index (χ1v) is 14.4. The van der Waals surface area contributed by atoms with Crippen LogP contribution in [-0.2, 0) is 71.1 Å². The molecule has 0 radical (unpaired) electrons. The lowest BCUT2D eigenvalue weighted by molar-refractivity contribution is -0.384. The van der Waals surface area contributed by atoms with Crippen molar-refractivity contribution < 1.29 is 76.2 Å². The van der Waals surface area contributed by atoms with Gasteiger partial charge in [0, 0.05) is 71.1 Å². The van der Waals surface area contributed by atoms with Gasteiger partial charge in [-0.15, -0.1) is 0 Å². The van der Waals surface area contributed by atoms with Crippen LogP contribution in [0.5, 0.6) is 0 Å². The lowest BCUT2D eigenvalue weighted by atomic mass is 9.95. The second-order valence-electron chi connectivity index (χ2n) is 10.6. The second kappa shape index (κ2) is 18.6. The van der Waals surface area contributed by atoms with Crippen molar-refractivity contribution in [2.24, 2.45) is 0 Å². The zero-order chi connectivity index (χ0) is 32.4. The van der Waals surface area contributed by atoms with Crippen molar-refractivity contribution in [3.05, 3.63) is 0 Å². The van der Waals surface area contributed by atoms with E-state index >= 15 is 0 Å². The summed E-state index contributed by atoms with van der Waals surface area (Å²) >= 11 is 0. The van der Waals surface area contributed by atoms with Gasteiger partial charge in [-0.1, -0.05) is 0 Å².